The van der Waals surface area contributed by atoms with E-state index in [2.05, 4.69) is 39.0 Å². The maximum Gasteiger partial charge on any atom is 0.180 e. The van der Waals surface area contributed by atoms with Gasteiger partial charge >= 0.3 is 0 Å². The van der Waals surface area contributed by atoms with Gasteiger partial charge in [0.15, 0.2) is 12.0 Å². The summed E-state index contributed by atoms with van der Waals surface area (Å²) in [7, 11) is 0. The molecular formula is C11H10N6O2. The van der Waals surface area contributed by atoms with E-state index in [4.69, 9.17) is 0 Å². The largest absolute Gasteiger partial charge is 0.452 e. The number of aromatic amines is 1. The van der Waals surface area contributed by atoms with Crippen molar-refractivity contribution in [3.63, 3.8) is 0 Å². The zero-order valence-corrected chi connectivity index (χ0v) is 9.75. The topological polar surface area (TPSA) is 107 Å². The number of hydrogen-bond acceptors (Lipinski definition) is 7. The smallest absolute Gasteiger partial charge is 0.180 e. The number of nitrogens with one attached hydrogen (secondary N) is 1. The highest BCUT2D eigenvalue weighted by molar-refractivity contribution is 5.67. The lowest BCUT2D eigenvalue weighted by atomic mass is 10.6. The lowest BCUT2D eigenvalue weighted by Crippen LogP contribution is -1.76. The van der Waals surface area contributed by atoms with E-state index >= 15 is 0 Å². The predicted octanol–water partition coefficient (Wildman–Crippen LogP) is 1.70. The van der Waals surface area contributed by atoms with Gasteiger partial charge in [0.1, 0.15) is 24.4 Å². The van der Waals surface area contributed by atoms with Crippen molar-refractivity contribution >= 4 is 11.2 Å². The molecular weight excluding hydrogens is 248 g/mol. The van der Waals surface area contributed by atoms with Crippen LogP contribution in [-0.4, -0.2) is 30.1 Å². The van der Waals surface area contributed by atoms with Gasteiger partial charge in [0.25, 0.3) is 0 Å². The summed E-state index contributed by atoms with van der Waals surface area (Å²) in [4.78, 5) is 18.0. The number of imidazole rings is 1. The molecule has 19 heavy (non-hydrogen) atoms. The third-order valence-electron chi connectivity index (χ3n) is 1.79. The Bertz CT molecular complexity index is 556. The van der Waals surface area contributed by atoms with Crippen LogP contribution >= 0.6 is 0 Å². The molecule has 0 aliphatic rings. The molecule has 0 radical (unpaired) electrons. The molecule has 0 aliphatic heterocycles. The summed E-state index contributed by atoms with van der Waals surface area (Å²) in [5.41, 5.74) is 1.59. The van der Waals surface area contributed by atoms with Crippen LogP contribution in [0.4, 0.5) is 0 Å². The molecule has 0 spiro atoms. The minimum atomic E-state index is 0.713. The van der Waals surface area contributed by atoms with Crippen molar-refractivity contribution in [3.8, 4) is 0 Å². The molecule has 96 valence electrons. The Morgan fingerprint density at radius 2 is 2.05 bits per heavy atom. The van der Waals surface area contributed by atoms with Gasteiger partial charge in [-0.1, -0.05) is 5.16 Å². The lowest BCUT2D eigenvalue weighted by molar-refractivity contribution is 0.420. The molecule has 4 aromatic heterocycles. The first-order chi connectivity index (χ1) is 9.47. The van der Waals surface area contributed by atoms with Crippen LogP contribution in [0.3, 0.4) is 0 Å². The highest BCUT2D eigenvalue weighted by Gasteiger charge is 1.91. The third kappa shape index (κ3) is 4.38. The highest BCUT2D eigenvalue weighted by Crippen LogP contribution is 1.99. The van der Waals surface area contributed by atoms with Crippen LogP contribution in [0.1, 0.15) is 0 Å². The van der Waals surface area contributed by atoms with E-state index in [0.29, 0.717) is 5.65 Å². The molecule has 0 saturated heterocycles. The van der Waals surface area contributed by atoms with Gasteiger partial charge < -0.3 is 13.9 Å². The summed E-state index contributed by atoms with van der Waals surface area (Å²) < 4.78 is 8.81. The zero-order chi connectivity index (χ0) is 13.2. The normalized spacial score (nSPS) is 9.05. The molecule has 0 saturated carbocycles. The van der Waals surface area contributed by atoms with Crippen molar-refractivity contribution in [3.05, 3.63) is 56.2 Å². The number of H-pyrrole nitrogens is 1. The molecule has 0 unspecified atom stereocenters. The summed E-state index contributed by atoms with van der Waals surface area (Å²) >= 11 is 0. The van der Waals surface area contributed by atoms with Gasteiger partial charge in [0.2, 0.25) is 0 Å². The summed E-state index contributed by atoms with van der Waals surface area (Å²) in [6.07, 6.45) is 12.3. The minimum Gasteiger partial charge on any atom is -0.452 e. The summed E-state index contributed by atoms with van der Waals surface area (Å²) in [5.74, 6) is 0. The Balaban J connectivity index is 0.000000114. The molecule has 0 bridgehead atoms. The molecule has 0 aromatic carbocycles. The number of rotatable bonds is 0. The van der Waals surface area contributed by atoms with Gasteiger partial charge in [-0.05, 0) is 6.07 Å². The molecule has 8 heteroatoms. The summed E-state index contributed by atoms with van der Waals surface area (Å²) in [6, 6.07) is 1.72. The van der Waals surface area contributed by atoms with Crippen LogP contribution in [0, 0.1) is 0 Å². The number of hydrogen-bond donors (Lipinski definition) is 1. The Kier molecular flexibility index (Phi) is 4.79. The van der Waals surface area contributed by atoms with Crippen molar-refractivity contribution in [1.29, 1.82) is 0 Å². The molecule has 0 atom stereocenters. The van der Waals surface area contributed by atoms with Gasteiger partial charge in [-0.25, -0.2) is 19.9 Å². The second kappa shape index (κ2) is 7.33. The van der Waals surface area contributed by atoms with Gasteiger partial charge in [0, 0.05) is 0 Å². The van der Waals surface area contributed by atoms with Crippen molar-refractivity contribution in [2.24, 2.45) is 0 Å². The number of oxazole rings is 1. The fourth-order valence-corrected chi connectivity index (χ4v) is 1.04. The average Bonchev–Trinajstić information content (AvgIpc) is 3.22. The Hall–Kier alpha value is -3.03. The average molecular weight is 258 g/mol. The minimum absolute atomic E-state index is 0.713. The van der Waals surface area contributed by atoms with E-state index in [9.17, 15) is 0 Å². The molecule has 0 aliphatic carbocycles. The van der Waals surface area contributed by atoms with Gasteiger partial charge in [-0.3, -0.25) is 0 Å². The molecule has 1 N–H and O–H groups in total. The van der Waals surface area contributed by atoms with E-state index in [-0.39, 0.29) is 0 Å². The SMILES string of the molecule is c1cnoc1.c1cocn1.c1ncc2[nH]cnc2n1. The van der Waals surface area contributed by atoms with E-state index in [1.165, 1.54) is 25.2 Å². The van der Waals surface area contributed by atoms with E-state index < -0.39 is 0 Å². The second-order valence-electron chi connectivity index (χ2n) is 3.03. The second-order valence-corrected chi connectivity index (χ2v) is 3.03. The predicted molar refractivity (Wildman–Crippen MR) is 64.7 cm³/mol. The van der Waals surface area contributed by atoms with Gasteiger partial charge in [0.05, 0.1) is 24.9 Å². The van der Waals surface area contributed by atoms with Crippen LogP contribution in [0.15, 0.2) is 65.2 Å². The molecule has 0 fully saturated rings. The van der Waals surface area contributed by atoms with Crippen LogP contribution in [0.25, 0.3) is 11.2 Å². The van der Waals surface area contributed by atoms with Crippen LogP contribution in [0.2, 0.25) is 0 Å². The number of fused-ring (bicyclic) bond motifs is 1. The Morgan fingerprint density at radius 1 is 1.05 bits per heavy atom. The fraction of sp³-hybridized carbons (Fsp3) is 0. The summed E-state index contributed by atoms with van der Waals surface area (Å²) in [5, 5.41) is 3.35. The first-order valence-electron chi connectivity index (χ1n) is 5.22. The van der Waals surface area contributed by atoms with E-state index in [0.717, 1.165) is 5.52 Å². The monoisotopic (exact) mass is 258 g/mol. The van der Waals surface area contributed by atoms with Crippen LogP contribution in [0.5, 0.6) is 0 Å². The number of aromatic nitrogens is 6. The Labute approximate surface area is 107 Å². The van der Waals surface area contributed by atoms with Crippen molar-refractivity contribution < 1.29 is 8.94 Å². The first kappa shape index (κ1) is 12.4. The Morgan fingerprint density at radius 3 is 2.58 bits per heavy atom. The highest BCUT2D eigenvalue weighted by atomic mass is 16.5. The number of nitrogens with zero attached hydrogens (tertiary/aromatic N) is 5. The standard InChI is InChI=1S/C5H4N4.2C3H3NO/c1-4-5(8-2-6-1)9-3-7-4;1-2-5-3-4-1;1-2-4-5-3-1/h1-3H,(H,6,7,8,9);2*1-3H. The molecule has 4 aromatic rings. The van der Waals surface area contributed by atoms with Crippen LogP contribution < -0.4 is 0 Å². The van der Waals surface area contributed by atoms with Crippen molar-refractivity contribution in [1.82, 2.24) is 30.1 Å². The van der Waals surface area contributed by atoms with E-state index in [1.807, 2.05) is 0 Å². The molecule has 4 rings (SSSR count). The molecule has 0 amide bonds. The lowest BCUT2D eigenvalue weighted by Gasteiger charge is -1.80. The van der Waals surface area contributed by atoms with Gasteiger partial charge in [-0.15, -0.1) is 0 Å². The maximum absolute atomic E-state index is 4.47. The van der Waals surface area contributed by atoms with Crippen molar-refractivity contribution in [2.75, 3.05) is 0 Å². The quantitative estimate of drug-likeness (QED) is 0.511. The zero-order valence-electron chi connectivity index (χ0n) is 9.75. The maximum atomic E-state index is 4.47. The summed E-state index contributed by atoms with van der Waals surface area (Å²) in [6.45, 7) is 0. The molecule has 4 heterocycles. The first-order valence-corrected chi connectivity index (χ1v) is 5.22. The van der Waals surface area contributed by atoms with Gasteiger partial charge in [-0.2, -0.15) is 0 Å². The fourth-order valence-electron chi connectivity index (χ4n) is 1.04. The third-order valence-corrected chi connectivity index (χ3v) is 1.79. The van der Waals surface area contributed by atoms with Crippen LogP contribution in [-0.2, 0) is 0 Å². The molecule has 8 nitrogen and oxygen atoms in total. The van der Waals surface area contributed by atoms with Crippen molar-refractivity contribution in [2.45, 2.75) is 0 Å². The van der Waals surface area contributed by atoms with E-state index in [1.54, 1.807) is 31.0 Å².